The van der Waals surface area contributed by atoms with E-state index in [1.54, 1.807) is 0 Å². The maximum atomic E-state index is 11.7. The highest BCUT2D eigenvalue weighted by molar-refractivity contribution is 9.10. The van der Waals surface area contributed by atoms with Crippen molar-refractivity contribution in [3.63, 3.8) is 0 Å². The van der Waals surface area contributed by atoms with Crippen LogP contribution in [-0.2, 0) is 0 Å². The number of carbonyl (C=O) groups is 1. The minimum absolute atomic E-state index is 0.198. The topological polar surface area (TPSA) is 17.1 Å². The molecule has 3 heteroatoms. The van der Waals surface area contributed by atoms with E-state index in [-0.39, 0.29) is 11.2 Å². The molecule has 1 rings (SSSR count). The van der Waals surface area contributed by atoms with Crippen LogP contribution in [0.25, 0.3) is 0 Å². The van der Waals surface area contributed by atoms with Crippen molar-refractivity contribution in [2.24, 2.45) is 5.41 Å². The van der Waals surface area contributed by atoms with E-state index < -0.39 is 0 Å². The van der Waals surface area contributed by atoms with Gasteiger partial charge in [0, 0.05) is 9.89 Å². The third-order valence-electron chi connectivity index (χ3n) is 1.50. The molecular formula is C9H11BrOS. The number of halogens is 1. The molecule has 0 N–H and O–H groups in total. The molecule has 0 fully saturated rings. The molecule has 66 valence electrons. The number of hydrogen-bond acceptors (Lipinski definition) is 2. The second kappa shape index (κ2) is 3.30. The Morgan fingerprint density at radius 2 is 2.08 bits per heavy atom. The van der Waals surface area contributed by atoms with E-state index in [2.05, 4.69) is 15.9 Å². The zero-order valence-electron chi connectivity index (χ0n) is 7.35. The van der Waals surface area contributed by atoms with Crippen molar-refractivity contribution < 1.29 is 4.79 Å². The molecule has 1 aromatic rings. The summed E-state index contributed by atoms with van der Waals surface area (Å²) in [5, 5.41) is 1.92. The number of ketones is 1. The lowest BCUT2D eigenvalue weighted by Crippen LogP contribution is -2.19. The largest absolute Gasteiger partial charge is 0.293 e. The zero-order valence-corrected chi connectivity index (χ0v) is 9.75. The molecule has 0 aliphatic rings. The molecule has 0 aliphatic heterocycles. The molecule has 0 amide bonds. The van der Waals surface area contributed by atoms with Gasteiger partial charge in [-0.3, -0.25) is 4.79 Å². The average Bonchev–Trinajstić information content (AvgIpc) is 2.31. The summed E-state index contributed by atoms with van der Waals surface area (Å²) in [5.74, 6) is 0.198. The summed E-state index contributed by atoms with van der Waals surface area (Å²) in [6.07, 6.45) is 0. The fourth-order valence-electron chi connectivity index (χ4n) is 0.796. The van der Waals surface area contributed by atoms with Crippen LogP contribution in [0.3, 0.4) is 0 Å². The Labute approximate surface area is 84.9 Å². The Hall–Kier alpha value is -0.150. The van der Waals surface area contributed by atoms with Gasteiger partial charge in [-0.25, -0.2) is 0 Å². The average molecular weight is 247 g/mol. The molecule has 0 aliphatic carbocycles. The zero-order chi connectivity index (χ0) is 9.35. The van der Waals surface area contributed by atoms with Crippen molar-refractivity contribution in [1.82, 2.24) is 0 Å². The number of Topliss-reactive ketones (excluding diaryl/α,β-unsaturated/α-hetero) is 1. The fraction of sp³-hybridized carbons (Fsp3) is 0.444. The Kier molecular flexibility index (Phi) is 2.74. The van der Waals surface area contributed by atoms with Crippen molar-refractivity contribution in [2.45, 2.75) is 20.8 Å². The van der Waals surface area contributed by atoms with Crippen molar-refractivity contribution in [2.75, 3.05) is 0 Å². The fourth-order valence-corrected chi connectivity index (χ4v) is 2.50. The van der Waals surface area contributed by atoms with Crippen LogP contribution in [0, 0.1) is 5.41 Å². The first-order valence-corrected chi connectivity index (χ1v) is 5.38. The van der Waals surface area contributed by atoms with Crippen LogP contribution in [0.15, 0.2) is 15.9 Å². The SMILES string of the molecule is CC(C)(C)C(=O)c1sccc1Br. The molecule has 0 bridgehead atoms. The van der Waals surface area contributed by atoms with Crippen LogP contribution in [0.4, 0.5) is 0 Å². The van der Waals surface area contributed by atoms with Gasteiger partial charge >= 0.3 is 0 Å². The Morgan fingerprint density at radius 1 is 1.50 bits per heavy atom. The second-order valence-electron chi connectivity index (χ2n) is 3.68. The number of carbonyl (C=O) groups excluding carboxylic acids is 1. The highest BCUT2D eigenvalue weighted by Crippen LogP contribution is 2.29. The van der Waals surface area contributed by atoms with Crippen LogP contribution in [0.2, 0.25) is 0 Å². The Bertz CT molecular complexity index is 296. The van der Waals surface area contributed by atoms with Gasteiger partial charge in [-0.05, 0) is 27.4 Å². The molecule has 0 saturated carbocycles. The predicted molar refractivity (Wildman–Crippen MR) is 55.8 cm³/mol. The monoisotopic (exact) mass is 246 g/mol. The van der Waals surface area contributed by atoms with Crippen LogP contribution in [0.1, 0.15) is 30.4 Å². The molecule has 1 aromatic heterocycles. The van der Waals surface area contributed by atoms with E-state index in [9.17, 15) is 4.79 Å². The van der Waals surface area contributed by atoms with E-state index in [0.29, 0.717) is 0 Å². The molecule has 0 spiro atoms. The lowest BCUT2D eigenvalue weighted by Gasteiger charge is -2.15. The summed E-state index contributed by atoms with van der Waals surface area (Å²) in [6.45, 7) is 5.80. The van der Waals surface area contributed by atoms with Crippen molar-refractivity contribution in [3.8, 4) is 0 Å². The smallest absolute Gasteiger partial charge is 0.179 e. The first-order valence-electron chi connectivity index (χ1n) is 3.70. The van der Waals surface area contributed by atoms with Crippen molar-refractivity contribution in [1.29, 1.82) is 0 Å². The maximum absolute atomic E-state index is 11.7. The summed E-state index contributed by atoms with van der Waals surface area (Å²) in [6, 6.07) is 1.91. The summed E-state index contributed by atoms with van der Waals surface area (Å²) < 4.78 is 0.910. The van der Waals surface area contributed by atoms with Crippen LogP contribution >= 0.6 is 27.3 Å². The highest BCUT2D eigenvalue weighted by atomic mass is 79.9. The van der Waals surface area contributed by atoms with Gasteiger partial charge in [0.15, 0.2) is 5.78 Å². The Balaban J connectivity index is 3.01. The summed E-state index contributed by atoms with van der Waals surface area (Å²) in [5.41, 5.74) is -0.284. The number of thiophene rings is 1. The summed E-state index contributed by atoms with van der Waals surface area (Å²) in [4.78, 5) is 12.6. The lowest BCUT2D eigenvalue weighted by molar-refractivity contribution is 0.0862. The molecule has 1 nitrogen and oxygen atoms in total. The Morgan fingerprint density at radius 3 is 2.42 bits per heavy atom. The van der Waals surface area contributed by atoms with Gasteiger partial charge in [0.2, 0.25) is 0 Å². The quantitative estimate of drug-likeness (QED) is 0.691. The molecule has 1 heterocycles. The minimum Gasteiger partial charge on any atom is -0.293 e. The first-order chi connectivity index (χ1) is 5.43. The molecule has 0 unspecified atom stereocenters. The van der Waals surface area contributed by atoms with Crippen LogP contribution in [0.5, 0.6) is 0 Å². The summed E-state index contributed by atoms with van der Waals surface area (Å²) >= 11 is 4.84. The van der Waals surface area contributed by atoms with E-state index >= 15 is 0 Å². The van der Waals surface area contributed by atoms with Gasteiger partial charge in [0.1, 0.15) is 0 Å². The van der Waals surface area contributed by atoms with Crippen LogP contribution < -0.4 is 0 Å². The van der Waals surface area contributed by atoms with Gasteiger partial charge in [-0.2, -0.15) is 0 Å². The van der Waals surface area contributed by atoms with Gasteiger partial charge < -0.3 is 0 Å². The van der Waals surface area contributed by atoms with Gasteiger partial charge in [0.25, 0.3) is 0 Å². The van der Waals surface area contributed by atoms with E-state index in [1.165, 1.54) is 11.3 Å². The van der Waals surface area contributed by atoms with E-state index in [1.807, 2.05) is 32.2 Å². The summed E-state index contributed by atoms with van der Waals surface area (Å²) in [7, 11) is 0. The molecule has 0 radical (unpaired) electrons. The lowest BCUT2D eigenvalue weighted by atomic mass is 9.90. The molecule has 12 heavy (non-hydrogen) atoms. The molecule has 0 aromatic carbocycles. The van der Waals surface area contributed by atoms with Crippen molar-refractivity contribution >= 4 is 33.0 Å². The van der Waals surface area contributed by atoms with Gasteiger partial charge in [0.05, 0.1) is 4.88 Å². The number of rotatable bonds is 1. The highest BCUT2D eigenvalue weighted by Gasteiger charge is 2.25. The second-order valence-corrected chi connectivity index (χ2v) is 5.45. The molecule has 0 atom stereocenters. The third-order valence-corrected chi connectivity index (χ3v) is 3.34. The third kappa shape index (κ3) is 1.96. The van der Waals surface area contributed by atoms with E-state index in [4.69, 9.17) is 0 Å². The standard InChI is InChI=1S/C9H11BrOS/c1-9(2,3)8(11)7-6(10)4-5-12-7/h4-5H,1-3H3. The van der Waals surface area contributed by atoms with Gasteiger partial charge in [-0.1, -0.05) is 20.8 Å². The molecular weight excluding hydrogens is 236 g/mol. The van der Waals surface area contributed by atoms with Gasteiger partial charge in [-0.15, -0.1) is 11.3 Å². The molecule has 0 saturated heterocycles. The van der Waals surface area contributed by atoms with Crippen LogP contribution in [-0.4, -0.2) is 5.78 Å². The predicted octanol–water partition coefficient (Wildman–Crippen LogP) is 3.74. The van der Waals surface area contributed by atoms with Crippen molar-refractivity contribution in [3.05, 3.63) is 20.8 Å². The number of hydrogen-bond donors (Lipinski definition) is 0. The normalized spacial score (nSPS) is 11.7. The van der Waals surface area contributed by atoms with E-state index in [0.717, 1.165) is 9.35 Å². The maximum Gasteiger partial charge on any atom is 0.179 e. The first kappa shape index (κ1) is 9.93. The minimum atomic E-state index is -0.284.